The predicted octanol–water partition coefficient (Wildman–Crippen LogP) is 2.90. The highest BCUT2D eigenvalue weighted by molar-refractivity contribution is 7.99. The topological polar surface area (TPSA) is 24.5 Å². The quantitative estimate of drug-likeness (QED) is 0.904. The molecule has 1 atom stereocenters. The van der Waals surface area contributed by atoms with Crippen molar-refractivity contribution < 1.29 is 4.74 Å². The second-order valence-electron chi connectivity index (χ2n) is 5.89. The highest BCUT2D eigenvalue weighted by atomic mass is 32.2. The van der Waals surface area contributed by atoms with Crippen LogP contribution in [0.15, 0.2) is 24.3 Å². The molecule has 0 radical (unpaired) electrons. The van der Waals surface area contributed by atoms with Gasteiger partial charge in [-0.05, 0) is 36.3 Å². The van der Waals surface area contributed by atoms with Crippen LogP contribution in [0, 0.1) is 0 Å². The Labute approximate surface area is 132 Å². The van der Waals surface area contributed by atoms with Gasteiger partial charge in [0.25, 0.3) is 0 Å². The maximum absolute atomic E-state index is 5.40. The summed E-state index contributed by atoms with van der Waals surface area (Å²) in [6.07, 6.45) is 4.20. The minimum atomic E-state index is 0.825. The molecular formula is C17H26N2OS. The molecule has 0 aromatic heterocycles. The van der Waals surface area contributed by atoms with Crippen molar-refractivity contribution in [2.75, 3.05) is 43.5 Å². The molecule has 1 N–H and O–H groups in total. The van der Waals surface area contributed by atoms with Gasteiger partial charge in [-0.25, -0.2) is 0 Å². The number of rotatable bonds is 5. The smallest absolute Gasteiger partial charge is 0.0642 e. The number of hydrogen-bond donors (Lipinski definition) is 1. The Morgan fingerprint density at radius 1 is 1.14 bits per heavy atom. The number of morpholine rings is 1. The lowest BCUT2D eigenvalue weighted by atomic mass is 10.1. The highest BCUT2D eigenvalue weighted by Gasteiger charge is 2.13. The van der Waals surface area contributed by atoms with Crippen LogP contribution in [0.4, 0.5) is 5.69 Å². The van der Waals surface area contributed by atoms with Crippen molar-refractivity contribution in [3.05, 3.63) is 29.8 Å². The van der Waals surface area contributed by atoms with E-state index in [2.05, 4.69) is 46.2 Å². The Bertz CT molecular complexity index is 411. The van der Waals surface area contributed by atoms with Crippen molar-refractivity contribution in [1.29, 1.82) is 0 Å². The van der Waals surface area contributed by atoms with E-state index in [9.17, 15) is 0 Å². The van der Waals surface area contributed by atoms with Crippen molar-refractivity contribution >= 4 is 17.4 Å². The van der Waals surface area contributed by atoms with Gasteiger partial charge in [0.1, 0.15) is 0 Å². The van der Waals surface area contributed by atoms with E-state index in [1.165, 1.54) is 36.3 Å². The zero-order valence-corrected chi connectivity index (χ0v) is 13.5. The number of benzene rings is 1. The average Bonchev–Trinajstić information content (AvgIpc) is 2.57. The normalized spacial score (nSPS) is 23.2. The predicted molar refractivity (Wildman–Crippen MR) is 91.3 cm³/mol. The largest absolute Gasteiger partial charge is 0.378 e. The number of nitrogens with zero attached hydrogens (tertiary/aromatic N) is 1. The fraction of sp³-hybridized carbons (Fsp3) is 0.647. The second-order valence-corrected chi connectivity index (χ2v) is 7.29. The Morgan fingerprint density at radius 3 is 2.67 bits per heavy atom. The number of thioether (sulfide) groups is 1. The molecule has 4 heteroatoms. The Kier molecular flexibility index (Phi) is 5.83. The summed E-state index contributed by atoms with van der Waals surface area (Å²) in [5.74, 6) is 1.35. The maximum Gasteiger partial charge on any atom is 0.0642 e. The molecule has 1 unspecified atom stereocenters. The molecule has 2 aliphatic heterocycles. The Hall–Kier alpha value is -0.710. The van der Waals surface area contributed by atoms with E-state index in [1.54, 1.807) is 0 Å². The summed E-state index contributed by atoms with van der Waals surface area (Å²) in [5, 5.41) is 4.44. The minimum Gasteiger partial charge on any atom is -0.378 e. The van der Waals surface area contributed by atoms with Gasteiger partial charge in [-0.3, -0.25) is 0 Å². The first-order valence-corrected chi connectivity index (χ1v) is 9.21. The van der Waals surface area contributed by atoms with Gasteiger partial charge in [-0.1, -0.05) is 18.6 Å². The fourth-order valence-electron chi connectivity index (χ4n) is 2.99. The number of nitrogens with one attached hydrogen (secondary N) is 1. The monoisotopic (exact) mass is 306 g/mol. The highest BCUT2D eigenvalue weighted by Crippen LogP contribution is 2.24. The molecule has 21 heavy (non-hydrogen) atoms. The molecule has 0 bridgehead atoms. The van der Waals surface area contributed by atoms with Crippen LogP contribution in [0.1, 0.15) is 24.8 Å². The summed E-state index contributed by atoms with van der Waals surface area (Å²) in [7, 11) is 0. The van der Waals surface area contributed by atoms with Gasteiger partial charge in [0.2, 0.25) is 0 Å². The summed E-state index contributed by atoms with van der Waals surface area (Å²) in [4.78, 5) is 2.40. The molecule has 3 rings (SSSR count). The summed E-state index contributed by atoms with van der Waals surface area (Å²) in [5.41, 5.74) is 2.71. The second kappa shape index (κ2) is 8.06. The molecule has 0 spiro atoms. The summed E-state index contributed by atoms with van der Waals surface area (Å²) < 4.78 is 5.40. The van der Waals surface area contributed by atoms with E-state index in [1.807, 2.05) is 0 Å². The van der Waals surface area contributed by atoms with E-state index >= 15 is 0 Å². The van der Waals surface area contributed by atoms with Crippen molar-refractivity contribution in [2.45, 2.75) is 31.1 Å². The summed E-state index contributed by atoms with van der Waals surface area (Å²) in [6, 6.07) is 9.01. The third-order valence-electron chi connectivity index (χ3n) is 4.29. The molecule has 0 aliphatic carbocycles. The third kappa shape index (κ3) is 4.63. The van der Waals surface area contributed by atoms with Crippen LogP contribution in [-0.4, -0.2) is 43.9 Å². The zero-order chi connectivity index (χ0) is 14.3. The fourth-order valence-corrected chi connectivity index (χ4v) is 4.27. The lowest BCUT2D eigenvalue weighted by Gasteiger charge is -2.29. The van der Waals surface area contributed by atoms with Crippen LogP contribution in [0.25, 0.3) is 0 Å². The number of ether oxygens (including phenoxy) is 1. The van der Waals surface area contributed by atoms with Crippen LogP contribution in [0.2, 0.25) is 0 Å². The zero-order valence-electron chi connectivity index (χ0n) is 12.7. The number of hydrogen-bond acceptors (Lipinski definition) is 4. The molecule has 1 aromatic carbocycles. The maximum atomic E-state index is 5.40. The van der Waals surface area contributed by atoms with Crippen molar-refractivity contribution in [3.63, 3.8) is 0 Å². The van der Waals surface area contributed by atoms with E-state index in [0.29, 0.717) is 0 Å². The van der Waals surface area contributed by atoms with Crippen LogP contribution >= 0.6 is 11.8 Å². The van der Waals surface area contributed by atoms with Crippen LogP contribution in [0.5, 0.6) is 0 Å². The van der Waals surface area contributed by atoms with Gasteiger partial charge in [-0.15, -0.1) is 0 Å². The SMILES string of the molecule is c1cc(N2CCOCC2)ccc1CNCC1CCCCS1. The first-order chi connectivity index (χ1) is 10.4. The Balaban J connectivity index is 1.43. The lowest BCUT2D eigenvalue weighted by Crippen LogP contribution is -2.36. The van der Waals surface area contributed by atoms with Gasteiger partial charge >= 0.3 is 0 Å². The van der Waals surface area contributed by atoms with Crippen molar-refractivity contribution in [3.8, 4) is 0 Å². The van der Waals surface area contributed by atoms with Gasteiger partial charge in [0.15, 0.2) is 0 Å². The van der Waals surface area contributed by atoms with Crippen LogP contribution in [0.3, 0.4) is 0 Å². The first-order valence-electron chi connectivity index (χ1n) is 8.16. The lowest BCUT2D eigenvalue weighted by molar-refractivity contribution is 0.122. The molecule has 116 valence electrons. The van der Waals surface area contributed by atoms with Gasteiger partial charge in [0.05, 0.1) is 13.2 Å². The molecule has 0 amide bonds. The Morgan fingerprint density at radius 2 is 1.95 bits per heavy atom. The third-order valence-corrected chi connectivity index (χ3v) is 5.69. The van der Waals surface area contributed by atoms with Gasteiger partial charge in [-0.2, -0.15) is 11.8 Å². The molecule has 1 aromatic rings. The average molecular weight is 306 g/mol. The van der Waals surface area contributed by atoms with Gasteiger partial charge in [0, 0.05) is 37.1 Å². The molecule has 0 saturated carbocycles. The van der Waals surface area contributed by atoms with E-state index in [4.69, 9.17) is 4.74 Å². The first kappa shape index (κ1) is 15.2. The van der Waals surface area contributed by atoms with Crippen molar-refractivity contribution in [1.82, 2.24) is 5.32 Å². The van der Waals surface area contributed by atoms with Crippen LogP contribution in [-0.2, 0) is 11.3 Å². The number of anilines is 1. The van der Waals surface area contributed by atoms with Crippen LogP contribution < -0.4 is 10.2 Å². The van der Waals surface area contributed by atoms with E-state index in [0.717, 1.165) is 44.6 Å². The molecule has 2 heterocycles. The summed E-state index contributed by atoms with van der Waals surface area (Å²) >= 11 is 2.14. The molecular weight excluding hydrogens is 280 g/mol. The summed E-state index contributed by atoms with van der Waals surface area (Å²) in [6.45, 7) is 5.86. The van der Waals surface area contributed by atoms with Gasteiger partial charge < -0.3 is 15.0 Å². The standard InChI is InChI=1S/C17H26N2OS/c1-2-12-21-17(3-1)14-18-13-15-4-6-16(7-5-15)19-8-10-20-11-9-19/h4-7,17-18H,1-3,8-14H2. The molecule has 2 aliphatic rings. The minimum absolute atomic E-state index is 0.825. The molecule has 3 nitrogen and oxygen atoms in total. The van der Waals surface area contributed by atoms with Crippen molar-refractivity contribution in [2.24, 2.45) is 0 Å². The van der Waals surface area contributed by atoms with E-state index in [-0.39, 0.29) is 0 Å². The molecule has 2 fully saturated rings. The van der Waals surface area contributed by atoms with E-state index < -0.39 is 0 Å². The molecule has 2 saturated heterocycles.